The van der Waals surface area contributed by atoms with Crippen molar-refractivity contribution in [3.63, 3.8) is 0 Å². The van der Waals surface area contributed by atoms with Crippen LogP contribution in [-0.2, 0) is 16.0 Å². The van der Waals surface area contributed by atoms with Crippen LogP contribution in [0.4, 0.5) is 10.1 Å². The Morgan fingerprint density at radius 1 is 1.11 bits per heavy atom. The molecule has 0 bridgehead atoms. The number of nitrogens with one attached hydrogen (secondary N) is 1. The van der Waals surface area contributed by atoms with Crippen molar-refractivity contribution in [3.05, 3.63) is 65.0 Å². The maximum absolute atomic E-state index is 13.7. The number of nitrogens with zero attached hydrogens (tertiary/aromatic N) is 1. The van der Waals surface area contributed by atoms with Crippen molar-refractivity contribution in [2.24, 2.45) is 0 Å². The summed E-state index contributed by atoms with van der Waals surface area (Å²) >= 11 is 0. The number of hydrogen-bond donors (Lipinski definition) is 1. The fourth-order valence-electron chi connectivity index (χ4n) is 3.10. The van der Waals surface area contributed by atoms with E-state index in [0.717, 1.165) is 5.56 Å². The molecule has 0 atom stereocenters. The molecule has 0 unspecified atom stereocenters. The fourth-order valence-corrected chi connectivity index (χ4v) is 3.10. The summed E-state index contributed by atoms with van der Waals surface area (Å²) in [6.45, 7) is 4.03. The highest BCUT2D eigenvalue weighted by Crippen LogP contribution is 2.21. The van der Waals surface area contributed by atoms with Gasteiger partial charge in [-0.1, -0.05) is 24.3 Å². The second-order valence-corrected chi connectivity index (χ2v) is 6.52. The van der Waals surface area contributed by atoms with Gasteiger partial charge in [0.1, 0.15) is 5.82 Å². The Kier molecular flexibility index (Phi) is 6.19. The number of morpholine rings is 1. The van der Waals surface area contributed by atoms with Crippen LogP contribution in [0.3, 0.4) is 0 Å². The third-order valence-electron chi connectivity index (χ3n) is 4.72. The maximum Gasteiger partial charge on any atom is 0.254 e. The Morgan fingerprint density at radius 3 is 2.59 bits per heavy atom. The van der Waals surface area contributed by atoms with Gasteiger partial charge in [0.15, 0.2) is 0 Å². The predicted octanol–water partition coefficient (Wildman–Crippen LogP) is 3.18. The summed E-state index contributed by atoms with van der Waals surface area (Å²) in [7, 11) is 0. The highest BCUT2D eigenvalue weighted by atomic mass is 19.1. The molecule has 1 aliphatic heterocycles. The van der Waals surface area contributed by atoms with E-state index in [-0.39, 0.29) is 24.1 Å². The minimum Gasteiger partial charge on any atom is -0.378 e. The standard InChI is InChI=1S/C21H23FN2O3/c1-15-17(21(26)24-11-13-27-14-12-24)6-4-8-19(15)23-20(25)10-9-16-5-2-3-7-18(16)22/h2-8H,9-14H2,1H3,(H,23,25). The molecular weight excluding hydrogens is 347 g/mol. The predicted molar refractivity (Wildman–Crippen MR) is 101 cm³/mol. The summed E-state index contributed by atoms with van der Waals surface area (Å²) in [6, 6.07) is 11.7. The van der Waals surface area contributed by atoms with Gasteiger partial charge in [0.2, 0.25) is 5.91 Å². The number of carbonyl (C=O) groups is 2. The lowest BCUT2D eigenvalue weighted by Crippen LogP contribution is -2.41. The van der Waals surface area contributed by atoms with E-state index in [1.54, 1.807) is 41.3 Å². The number of anilines is 1. The molecule has 2 aromatic carbocycles. The second-order valence-electron chi connectivity index (χ2n) is 6.52. The first-order valence-corrected chi connectivity index (χ1v) is 9.06. The summed E-state index contributed by atoms with van der Waals surface area (Å²) < 4.78 is 19.0. The molecule has 0 radical (unpaired) electrons. The van der Waals surface area contributed by atoms with Gasteiger partial charge in [0, 0.05) is 30.8 Å². The van der Waals surface area contributed by atoms with E-state index in [2.05, 4.69) is 5.32 Å². The second kappa shape index (κ2) is 8.77. The first-order valence-electron chi connectivity index (χ1n) is 9.06. The van der Waals surface area contributed by atoms with Gasteiger partial charge in [-0.15, -0.1) is 0 Å². The smallest absolute Gasteiger partial charge is 0.254 e. The monoisotopic (exact) mass is 370 g/mol. The highest BCUT2D eigenvalue weighted by molar-refractivity contribution is 5.99. The molecule has 3 rings (SSSR count). The zero-order valence-corrected chi connectivity index (χ0v) is 15.3. The minimum atomic E-state index is -0.306. The topological polar surface area (TPSA) is 58.6 Å². The molecule has 0 saturated carbocycles. The van der Waals surface area contributed by atoms with E-state index in [1.165, 1.54) is 6.07 Å². The lowest BCUT2D eigenvalue weighted by atomic mass is 10.0. The number of hydrogen-bond acceptors (Lipinski definition) is 3. The summed E-state index contributed by atoms with van der Waals surface area (Å²) in [6.07, 6.45) is 0.492. The third-order valence-corrected chi connectivity index (χ3v) is 4.72. The maximum atomic E-state index is 13.7. The molecule has 5 nitrogen and oxygen atoms in total. The Balaban J connectivity index is 1.65. The van der Waals surface area contributed by atoms with Gasteiger partial charge in [0.25, 0.3) is 5.91 Å². The van der Waals surface area contributed by atoms with E-state index in [0.29, 0.717) is 49.5 Å². The number of carbonyl (C=O) groups excluding carboxylic acids is 2. The van der Waals surface area contributed by atoms with Crippen molar-refractivity contribution in [2.75, 3.05) is 31.6 Å². The molecule has 1 fully saturated rings. The molecule has 1 N–H and O–H groups in total. The van der Waals surface area contributed by atoms with Crippen LogP contribution in [-0.4, -0.2) is 43.0 Å². The van der Waals surface area contributed by atoms with Crippen molar-refractivity contribution in [2.45, 2.75) is 19.8 Å². The molecule has 0 aromatic heterocycles. The van der Waals surface area contributed by atoms with E-state index in [4.69, 9.17) is 4.74 Å². The summed E-state index contributed by atoms with van der Waals surface area (Å²) in [4.78, 5) is 26.8. The van der Waals surface area contributed by atoms with Gasteiger partial charge in [-0.25, -0.2) is 4.39 Å². The number of benzene rings is 2. The molecule has 0 aliphatic carbocycles. The van der Waals surface area contributed by atoms with Crippen LogP contribution in [0.2, 0.25) is 0 Å². The Labute approximate surface area is 158 Å². The van der Waals surface area contributed by atoms with Gasteiger partial charge in [-0.2, -0.15) is 0 Å². The normalized spacial score (nSPS) is 14.1. The van der Waals surface area contributed by atoms with Crippen molar-refractivity contribution >= 4 is 17.5 Å². The number of rotatable bonds is 5. The fraction of sp³-hybridized carbons (Fsp3) is 0.333. The van der Waals surface area contributed by atoms with Gasteiger partial charge in [-0.3, -0.25) is 9.59 Å². The van der Waals surface area contributed by atoms with Gasteiger partial charge < -0.3 is 15.0 Å². The summed E-state index contributed by atoms with van der Waals surface area (Å²) in [5.74, 6) is -0.574. The van der Waals surface area contributed by atoms with Crippen LogP contribution in [0.15, 0.2) is 42.5 Å². The van der Waals surface area contributed by atoms with E-state index in [1.807, 2.05) is 6.92 Å². The van der Waals surface area contributed by atoms with Crippen LogP contribution >= 0.6 is 0 Å². The highest BCUT2D eigenvalue weighted by Gasteiger charge is 2.21. The number of aryl methyl sites for hydroxylation is 1. The third kappa shape index (κ3) is 4.71. The van der Waals surface area contributed by atoms with Gasteiger partial charge in [-0.05, 0) is 42.7 Å². The molecule has 0 spiro atoms. The van der Waals surface area contributed by atoms with Gasteiger partial charge in [0.05, 0.1) is 13.2 Å². The molecule has 2 aromatic rings. The average molecular weight is 370 g/mol. The SMILES string of the molecule is Cc1c(NC(=O)CCc2ccccc2F)cccc1C(=O)N1CCOCC1. The molecule has 1 aliphatic rings. The van der Waals surface area contributed by atoms with Crippen LogP contribution in [0.25, 0.3) is 0 Å². The van der Waals surface area contributed by atoms with Crippen LogP contribution < -0.4 is 5.32 Å². The number of ether oxygens (including phenoxy) is 1. The summed E-state index contributed by atoms with van der Waals surface area (Å²) in [5.41, 5.74) is 2.42. The van der Waals surface area contributed by atoms with Crippen LogP contribution in [0.5, 0.6) is 0 Å². The van der Waals surface area contributed by atoms with Crippen LogP contribution in [0, 0.1) is 12.7 Å². The largest absolute Gasteiger partial charge is 0.378 e. The molecule has 1 heterocycles. The summed E-state index contributed by atoms with van der Waals surface area (Å²) in [5, 5.41) is 2.84. The van der Waals surface area contributed by atoms with Crippen LogP contribution in [0.1, 0.15) is 27.9 Å². The van der Waals surface area contributed by atoms with E-state index >= 15 is 0 Å². The molecule has 2 amide bonds. The lowest BCUT2D eigenvalue weighted by Gasteiger charge is -2.27. The molecular formula is C21H23FN2O3. The Bertz CT molecular complexity index is 832. The zero-order valence-electron chi connectivity index (χ0n) is 15.3. The number of amides is 2. The van der Waals surface area contributed by atoms with Gasteiger partial charge >= 0.3 is 0 Å². The Morgan fingerprint density at radius 2 is 1.85 bits per heavy atom. The molecule has 6 heteroatoms. The van der Waals surface area contributed by atoms with Crippen molar-refractivity contribution in [3.8, 4) is 0 Å². The van der Waals surface area contributed by atoms with Crippen molar-refractivity contribution in [1.82, 2.24) is 4.90 Å². The molecule has 27 heavy (non-hydrogen) atoms. The first kappa shape index (κ1) is 19.0. The quantitative estimate of drug-likeness (QED) is 0.879. The first-order chi connectivity index (χ1) is 13.1. The number of halogens is 1. The van der Waals surface area contributed by atoms with E-state index < -0.39 is 0 Å². The lowest BCUT2D eigenvalue weighted by molar-refractivity contribution is -0.116. The Hall–Kier alpha value is -2.73. The molecule has 142 valence electrons. The zero-order chi connectivity index (χ0) is 19.2. The van der Waals surface area contributed by atoms with E-state index in [9.17, 15) is 14.0 Å². The minimum absolute atomic E-state index is 0.0572. The average Bonchev–Trinajstić information content (AvgIpc) is 2.69. The van der Waals surface area contributed by atoms with Crippen molar-refractivity contribution in [1.29, 1.82) is 0 Å². The van der Waals surface area contributed by atoms with Crippen molar-refractivity contribution < 1.29 is 18.7 Å². The molecule has 1 saturated heterocycles.